The molecule has 12 heavy (non-hydrogen) atoms. The predicted molar refractivity (Wildman–Crippen MR) is 48.4 cm³/mol. The van der Waals surface area contributed by atoms with Gasteiger partial charge in [-0.25, -0.2) is 0 Å². The minimum absolute atomic E-state index is 0.0798. The summed E-state index contributed by atoms with van der Waals surface area (Å²) in [5, 5.41) is 11.3. The highest BCUT2D eigenvalue weighted by Crippen LogP contribution is 2.21. The van der Waals surface area contributed by atoms with Crippen molar-refractivity contribution in [3.05, 3.63) is 36.2 Å². The second-order valence-corrected chi connectivity index (χ2v) is 3.13. The highest BCUT2D eigenvalue weighted by atomic mass is 16.3. The maximum absolute atomic E-state index is 11.3. The Kier molecular flexibility index (Phi) is 2.71. The molecule has 0 atom stereocenters. The summed E-state index contributed by atoms with van der Waals surface area (Å²) in [6.07, 6.45) is 0. The third-order valence-corrected chi connectivity index (χ3v) is 1.70. The number of hydrogen-bond donors (Lipinski definition) is 0. The van der Waals surface area contributed by atoms with Crippen LogP contribution in [0.25, 0.3) is 0 Å². The lowest BCUT2D eigenvalue weighted by molar-refractivity contribution is 0.332. The fourth-order valence-electron chi connectivity index (χ4n) is 1.11. The van der Waals surface area contributed by atoms with Crippen molar-refractivity contribution in [2.45, 2.75) is 6.54 Å². The standard InChI is InChI=1S/C10H13NO/c1-8-5-4-6-10(12)9(8)7-11(2)3/h4-6H,1,7H2,2-3H3. The van der Waals surface area contributed by atoms with Crippen molar-refractivity contribution in [1.29, 1.82) is 0 Å². The number of benzene rings is 1. The number of rotatable bonds is 2. The van der Waals surface area contributed by atoms with Crippen LogP contribution in [0.2, 0.25) is 0 Å². The van der Waals surface area contributed by atoms with Gasteiger partial charge in [0.15, 0.2) is 5.75 Å². The molecule has 0 fully saturated rings. The smallest absolute Gasteiger partial charge is 0.183 e. The van der Waals surface area contributed by atoms with Gasteiger partial charge >= 0.3 is 0 Å². The summed E-state index contributed by atoms with van der Waals surface area (Å²) >= 11 is 0. The Hall–Kier alpha value is -1.02. The molecule has 0 bridgehead atoms. The van der Waals surface area contributed by atoms with Crippen LogP contribution in [-0.4, -0.2) is 19.0 Å². The van der Waals surface area contributed by atoms with E-state index in [-0.39, 0.29) is 5.75 Å². The van der Waals surface area contributed by atoms with Gasteiger partial charge in [0.05, 0.1) is 0 Å². The van der Waals surface area contributed by atoms with E-state index in [0.717, 1.165) is 11.1 Å². The zero-order chi connectivity index (χ0) is 9.14. The first-order valence-electron chi connectivity index (χ1n) is 3.87. The second kappa shape index (κ2) is 3.59. The molecule has 0 aliphatic rings. The summed E-state index contributed by atoms with van der Waals surface area (Å²) in [4.78, 5) is 1.96. The molecule has 0 unspecified atom stereocenters. The van der Waals surface area contributed by atoms with Crippen LogP contribution in [0.3, 0.4) is 0 Å². The van der Waals surface area contributed by atoms with Crippen LogP contribution in [0.4, 0.5) is 0 Å². The fourth-order valence-corrected chi connectivity index (χ4v) is 1.11. The van der Waals surface area contributed by atoms with Gasteiger partial charge < -0.3 is 4.90 Å². The van der Waals surface area contributed by atoms with Gasteiger partial charge in [-0.15, -0.1) is 0 Å². The second-order valence-electron chi connectivity index (χ2n) is 3.13. The molecule has 2 nitrogen and oxygen atoms in total. The van der Waals surface area contributed by atoms with Gasteiger partial charge in [-0.3, -0.25) is 5.11 Å². The van der Waals surface area contributed by atoms with Crippen LogP contribution in [0.5, 0.6) is 5.75 Å². The molecule has 0 amide bonds. The molecule has 0 saturated carbocycles. The molecule has 0 saturated heterocycles. The molecule has 0 heterocycles. The number of hydrogen-bond acceptors (Lipinski definition) is 1. The minimum atomic E-state index is 0.0798. The van der Waals surface area contributed by atoms with Gasteiger partial charge in [0, 0.05) is 12.1 Å². The molecule has 1 aromatic rings. The lowest BCUT2D eigenvalue weighted by Gasteiger charge is -2.11. The van der Waals surface area contributed by atoms with E-state index in [4.69, 9.17) is 0 Å². The summed E-state index contributed by atoms with van der Waals surface area (Å²) in [6, 6.07) is 5.18. The van der Waals surface area contributed by atoms with Crippen LogP contribution < -0.4 is 0 Å². The maximum atomic E-state index is 11.3. The Labute approximate surface area is 73.4 Å². The van der Waals surface area contributed by atoms with Crippen LogP contribution in [0.1, 0.15) is 11.1 Å². The molecule has 2 heteroatoms. The average molecular weight is 163 g/mol. The Bertz CT molecular complexity index is 248. The highest BCUT2D eigenvalue weighted by Gasteiger charge is 2.06. The summed E-state index contributed by atoms with van der Waals surface area (Å²) in [7, 11) is 3.87. The van der Waals surface area contributed by atoms with Gasteiger partial charge in [0.2, 0.25) is 0 Å². The van der Waals surface area contributed by atoms with Crippen LogP contribution in [0.15, 0.2) is 18.2 Å². The van der Waals surface area contributed by atoms with Crippen molar-refractivity contribution in [3.8, 4) is 5.75 Å². The molecule has 1 aromatic carbocycles. The van der Waals surface area contributed by atoms with E-state index >= 15 is 0 Å². The zero-order valence-corrected chi connectivity index (χ0v) is 7.50. The van der Waals surface area contributed by atoms with Crippen LogP contribution in [0, 0.1) is 6.92 Å². The van der Waals surface area contributed by atoms with E-state index in [1.54, 1.807) is 12.1 Å². The van der Waals surface area contributed by atoms with E-state index in [9.17, 15) is 5.11 Å². The first-order valence-corrected chi connectivity index (χ1v) is 3.87. The van der Waals surface area contributed by atoms with E-state index in [1.807, 2.05) is 25.1 Å². The molecule has 0 aromatic heterocycles. The molecule has 0 spiro atoms. The normalized spacial score (nSPS) is 10.7. The Morgan fingerprint density at radius 2 is 2.08 bits per heavy atom. The van der Waals surface area contributed by atoms with Crippen LogP contribution in [-0.2, 0) is 11.7 Å². The van der Waals surface area contributed by atoms with Gasteiger partial charge in [0.25, 0.3) is 0 Å². The SMILES string of the molecule is [CH2]c1cccc([O])c1CN(C)C. The largest absolute Gasteiger partial charge is 0.305 e. The van der Waals surface area contributed by atoms with Gasteiger partial charge in [-0.2, -0.15) is 0 Å². The third-order valence-electron chi connectivity index (χ3n) is 1.70. The first-order chi connectivity index (χ1) is 5.61. The third kappa shape index (κ3) is 1.98. The molecule has 1 rings (SSSR count). The summed E-state index contributed by atoms with van der Waals surface area (Å²) in [5.74, 6) is 0.0798. The van der Waals surface area contributed by atoms with E-state index in [0.29, 0.717) is 6.54 Å². The first kappa shape index (κ1) is 9.07. The van der Waals surface area contributed by atoms with Crippen LogP contribution >= 0.6 is 0 Å². The van der Waals surface area contributed by atoms with Gasteiger partial charge in [0.1, 0.15) is 0 Å². The van der Waals surface area contributed by atoms with Crippen molar-refractivity contribution in [3.63, 3.8) is 0 Å². The molecule has 64 valence electrons. The van der Waals surface area contributed by atoms with Crippen molar-refractivity contribution >= 4 is 0 Å². The fraction of sp³-hybridized carbons (Fsp3) is 0.300. The van der Waals surface area contributed by atoms with Crippen molar-refractivity contribution < 1.29 is 5.11 Å². The number of nitrogens with zero attached hydrogens (tertiary/aromatic N) is 1. The van der Waals surface area contributed by atoms with E-state index < -0.39 is 0 Å². The van der Waals surface area contributed by atoms with E-state index in [2.05, 4.69) is 6.92 Å². The summed E-state index contributed by atoms with van der Waals surface area (Å²) in [5.41, 5.74) is 1.62. The van der Waals surface area contributed by atoms with E-state index in [1.165, 1.54) is 0 Å². The lowest BCUT2D eigenvalue weighted by Crippen LogP contribution is -2.11. The lowest BCUT2D eigenvalue weighted by atomic mass is 10.1. The highest BCUT2D eigenvalue weighted by molar-refractivity contribution is 5.40. The molecule has 2 radical (unpaired) electrons. The molecule has 0 aliphatic heterocycles. The monoisotopic (exact) mass is 163 g/mol. The topological polar surface area (TPSA) is 23.1 Å². The summed E-state index contributed by atoms with van der Waals surface area (Å²) < 4.78 is 0. The molecular formula is C10H13NO. The van der Waals surface area contributed by atoms with Gasteiger partial charge in [-0.1, -0.05) is 12.1 Å². The Morgan fingerprint density at radius 3 is 2.58 bits per heavy atom. The zero-order valence-electron chi connectivity index (χ0n) is 7.50. The van der Waals surface area contributed by atoms with Gasteiger partial charge in [-0.05, 0) is 32.6 Å². The minimum Gasteiger partial charge on any atom is -0.305 e. The summed E-state index contributed by atoms with van der Waals surface area (Å²) in [6.45, 7) is 4.47. The Balaban J connectivity index is 2.96. The average Bonchev–Trinajstić information content (AvgIpc) is 1.97. The van der Waals surface area contributed by atoms with Crippen molar-refractivity contribution in [2.75, 3.05) is 14.1 Å². The molecular weight excluding hydrogens is 150 g/mol. The van der Waals surface area contributed by atoms with Crippen molar-refractivity contribution in [2.24, 2.45) is 0 Å². The molecule has 0 N–H and O–H groups in total. The maximum Gasteiger partial charge on any atom is 0.183 e. The molecule has 0 aliphatic carbocycles. The quantitative estimate of drug-likeness (QED) is 0.654. The Morgan fingerprint density at radius 1 is 1.42 bits per heavy atom. The van der Waals surface area contributed by atoms with Crippen molar-refractivity contribution in [1.82, 2.24) is 4.90 Å². The predicted octanol–water partition coefficient (Wildman–Crippen LogP) is 2.07.